The third-order valence-electron chi connectivity index (χ3n) is 4.32. The number of aryl methyl sites for hydroxylation is 1. The molecule has 0 bridgehead atoms. The molecule has 0 saturated carbocycles. The number of hydrogen-bond acceptors (Lipinski definition) is 6. The number of anilines is 3. The van der Waals surface area contributed by atoms with Crippen LogP contribution < -0.4 is 10.6 Å². The summed E-state index contributed by atoms with van der Waals surface area (Å²) in [6.07, 6.45) is 3.41. The highest BCUT2D eigenvalue weighted by Crippen LogP contribution is 2.33. The Morgan fingerprint density at radius 3 is 2.89 bits per heavy atom. The second-order valence-electron chi connectivity index (χ2n) is 6.35. The Balaban J connectivity index is 1.47. The van der Waals surface area contributed by atoms with Crippen molar-refractivity contribution in [3.8, 4) is 0 Å². The number of benzene rings is 1. The van der Waals surface area contributed by atoms with Crippen molar-refractivity contribution in [3.05, 3.63) is 64.7 Å². The summed E-state index contributed by atoms with van der Waals surface area (Å²) in [5.74, 6) is -0.173. The summed E-state index contributed by atoms with van der Waals surface area (Å²) in [7, 11) is 0. The number of fused-ring (bicyclic) bond motifs is 2. The Hall–Kier alpha value is -3.23. The molecule has 0 aliphatic carbocycles. The van der Waals surface area contributed by atoms with Gasteiger partial charge in [0.1, 0.15) is 0 Å². The van der Waals surface area contributed by atoms with Crippen LogP contribution in [0.2, 0.25) is 0 Å². The van der Waals surface area contributed by atoms with E-state index in [1.807, 2.05) is 30.5 Å². The van der Waals surface area contributed by atoms with Gasteiger partial charge in [-0.2, -0.15) is 0 Å². The van der Waals surface area contributed by atoms with E-state index < -0.39 is 0 Å². The smallest absolute Gasteiger partial charge is 0.267 e. The van der Waals surface area contributed by atoms with Crippen molar-refractivity contribution in [3.63, 3.8) is 0 Å². The van der Waals surface area contributed by atoms with Crippen LogP contribution in [0.3, 0.4) is 0 Å². The summed E-state index contributed by atoms with van der Waals surface area (Å²) in [6, 6.07) is 12.1. The number of aromatic nitrogens is 3. The molecule has 0 fully saturated rings. The predicted molar refractivity (Wildman–Crippen MR) is 116 cm³/mol. The molecule has 4 aromatic heterocycles. The molecule has 0 atom stereocenters. The maximum Gasteiger partial charge on any atom is 0.267 e. The molecule has 1 aromatic carbocycles. The number of H-pyrrole nitrogens is 1. The van der Waals surface area contributed by atoms with Gasteiger partial charge in [0.05, 0.1) is 20.8 Å². The van der Waals surface area contributed by atoms with Gasteiger partial charge in [0.25, 0.3) is 5.91 Å². The Kier molecular flexibility index (Phi) is 4.07. The van der Waals surface area contributed by atoms with E-state index >= 15 is 0 Å². The minimum absolute atomic E-state index is 0.173. The molecule has 0 aliphatic heterocycles. The number of carbonyl (C=O) groups is 1. The fourth-order valence-electron chi connectivity index (χ4n) is 3.10. The second kappa shape index (κ2) is 6.74. The van der Waals surface area contributed by atoms with Gasteiger partial charge in [-0.3, -0.25) is 15.1 Å². The zero-order valence-electron chi connectivity index (χ0n) is 14.8. The van der Waals surface area contributed by atoms with E-state index in [0.29, 0.717) is 10.0 Å². The van der Waals surface area contributed by atoms with Crippen molar-refractivity contribution in [1.29, 1.82) is 0 Å². The van der Waals surface area contributed by atoms with Crippen LogP contribution >= 0.6 is 22.7 Å². The Labute approximate surface area is 168 Å². The molecule has 6 nitrogen and oxygen atoms in total. The molecule has 0 radical (unpaired) electrons. The zero-order chi connectivity index (χ0) is 19.1. The number of pyridine rings is 1. The first kappa shape index (κ1) is 16.9. The summed E-state index contributed by atoms with van der Waals surface area (Å²) in [5.41, 5.74) is 4.95. The van der Waals surface area contributed by atoms with Gasteiger partial charge in [-0.1, -0.05) is 0 Å². The van der Waals surface area contributed by atoms with Gasteiger partial charge in [-0.15, -0.1) is 22.7 Å². The predicted octanol–water partition coefficient (Wildman–Crippen LogP) is 5.54. The van der Waals surface area contributed by atoms with E-state index in [2.05, 4.69) is 43.8 Å². The lowest BCUT2D eigenvalue weighted by Crippen LogP contribution is -2.09. The molecule has 3 N–H and O–H groups in total. The lowest BCUT2D eigenvalue weighted by Gasteiger charge is -2.07. The summed E-state index contributed by atoms with van der Waals surface area (Å²) < 4.78 is 0.942. The van der Waals surface area contributed by atoms with Gasteiger partial charge in [0.2, 0.25) is 0 Å². The first-order valence-electron chi connectivity index (χ1n) is 8.61. The molecule has 4 heterocycles. The van der Waals surface area contributed by atoms with Crippen molar-refractivity contribution in [2.45, 2.75) is 6.92 Å². The Morgan fingerprint density at radius 1 is 1.11 bits per heavy atom. The van der Waals surface area contributed by atoms with Crippen LogP contribution in [0.15, 0.2) is 54.2 Å². The van der Waals surface area contributed by atoms with E-state index in [9.17, 15) is 4.79 Å². The van der Waals surface area contributed by atoms with Gasteiger partial charge in [0, 0.05) is 40.1 Å². The number of thiazole rings is 1. The van der Waals surface area contributed by atoms with E-state index in [4.69, 9.17) is 0 Å². The number of thiophene rings is 1. The molecule has 8 heteroatoms. The maximum atomic E-state index is 12.5. The average molecular weight is 406 g/mol. The van der Waals surface area contributed by atoms with Crippen LogP contribution in [0, 0.1) is 6.92 Å². The lowest BCUT2D eigenvalue weighted by molar-refractivity contribution is 0.103. The first-order valence-corrected chi connectivity index (χ1v) is 10.3. The van der Waals surface area contributed by atoms with E-state index in [1.165, 1.54) is 22.7 Å². The van der Waals surface area contributed by atoms with E-state index in [0.717, 1.165) is 38.2 Å². The number of nitrogens with one attached hydrogen (secondary N) is 3. The van der Waals surface area contributed by atoms with Crippen molar-refractivity contribution >= 4 is 66.2 Å². The van der Waals surface area contributed by atoms with E-state index in [1.54, 1.807) is 12.4 Å². The fourth-order valence-corrected chi connectivity index (χ4v) is 4.61. The zero-order valence-corrected chi connectivity index (χ0v) is 16.4. The minimum atomic E-state index is -0.173. The van der Waals surface area contributed by atoms with Crippen LogP contribution in [0.25, 0.3) is 21.1 Å². The quantitative estimate of drug-likeness (QED) is 0.367. The van der Waals surface area contributed by atoms with Crippen LogP contribution in [0.1, 0.15) is 15.4 Å². The molecule has 138 valence electrons. The number of nitrogens with zero attached hydrogens (tertiary/aromatic N) is 2. The Morgan fingerprint density at radius 2 is 2.04 bits per heavy atom. The fraction of sp³-hybridized carbons (Fsp3) is 0.0500. The SMILES string of the molecule is Cc1cc2cc(Nc3ccnc4cc(C(=O)Nc5nccs5)sc34)ccc2[nH]1. The Bertz CT molecular complexity index is 1300. The first-order chi connectivity index (χ1) is 13.7. The molecule has 5 aromatic rings. The molecular formula is C20H15N5OS2. The average Bonchev–Trinajstić information content (AvgIpc) is 3.40. The third-order valence-corrected chi connectivity index (χ3v) is 6.17. The number of aromatic amines is 1. The number of hydrogen-bond donors (Lipinski definition) is 3. The molecule has 0 saturated heterocycles. The summed E-state index contributed by atoms with van der Waals surface area (Å²) >= 11 is 2.81. The molecule has 5 rings (SSSR count). The second-order valence-corrected chi connectivity index (χ2v) is 8.30. The maximum absolute atomic E-state index is 12.5. The van der Waals surface area contributed by atoms with Gasteiger partial charge >= 0.3 is 0 Å². The highest BCUT2D eigenvalue weighted by Gasteiger charge is 2.14. The third kappa shape index (κ3) is 3.12. The van der Waals surface area contributed by atoms with Crippen LogP contribution in [0.4, 0.5) is 16.5 Å². The standard InChI is InChI=1S/C20H15N5OS2/c1-11-8-12-9-13(2-3-14(12)23-11)24-15-4-5-21-16-10-17(28-18(15)16)19(26)25-20-22-6-7-27-20/h2-10,23H,1H3,(H,21,24)(H,22,25,26). The molecule has 1 amide bonds. The highest BCUT2D eigenvalue weighted by atomic mass is 32.1. The molecular weight excluding hydrogens is 390 g/mol. The van der Waals surface area contributed by atoms with Crippen molar-refractivity contribution in [2.24, 2.45) is 0 Å². The van der Waals surface area contributed by atoms with Crippen molar-refractivity contribution in [2.75, 3.05) is 10.6 Å². The monoisotopic (exact) mass is 405 g/mol. The summed E-state index contributed by atoms with van der Waals surface area (Å²) in [6.45, 7) is 2.05. The van der Waals surface area contributed by atoms with Gasteiger partial charge in [0.15, 0.2) is 5.13 Å². The minimum Gasteiger partial charge on any atom is -0.359 e. The summed E-state index contributed by atoms with van der Waals surface area (Å²) in [4.78, 5) is 24.9. The van der Waals surface area contributed by atoms with Crippen molar-refractivity contribution in [1.82, 2.24) is 15.0 Å². The van der Waals surface area contributed by atoms with E-state index in [-0.39, 0.29) is 5.91 Å². The van der Waals surface area contributed by atoms with Gasteiger partial charge < -0.3 is 10.3 Å². The van der Waals surface area contributed by atoms with Gasteiger partial charge in [-0.25, -0.2) is 4.98 Å². The topological polar surface area (TPSA) is 82.7 Å². The summed E-state index contributed by atoms with van der Waals surface area (Å²) in [5, 5.41) is 9.85. The normalized spacial score (nSPS) is 11.2. The molecule has 0 aliphatic rings. The molecule has 28 heavy (non-hydrogen) atoms. The number of rotatable bonds is 4. The van der Waals surface area contributed by atoms with Crippen LogP contribution in [-0.4, -0.2) is 20.9 Å². The molecule has 0 unspecified atom stereocenters. The molecule has 0 spiro atoms. The lowest BCUT2D eigenvalue weighted by atomic mass is 10.2. The van der Waals surface area contributed by atoms with Crippen LogP contribution in [-0.2, 0) is 0 Å². The largest absolute Gasteiger partial charge is 0.359 e. The highest BCUT2D eigenvalue weighted by molar-refractivity contribution is 7.21. The number of amides is 1. The van der Waals surface area contributed by atoms with Gasteiger partial charge in [-0.05, 0) is 43.3 Å². The van der Waals surface area contributed by atoms with Crippen molar-refractivity contribution < 1.29 is 4.79 Å². The van der Waals surface area contributed by atoms with Crippen LogP contribution in [0.5, 0.6) is 0 Å². The number of carbonyl (C=O) groups excluding carboxylic acids is 1.